The van der Waals surface area contributed by atoms with Gasteiger partial charge in [0.1, 0.15) is 11.3 Å². The van der Waals surface area contributed by atoms with Gasteiger partial charge >= 0.3 is 5.63 Å². The van der Waals surface area contributed by atoms with Crippen LogP contribution < -0.4 is 15.7 Å². The summed E-state index contributed by atoms with van der Waals surface area (Å²) in [5.74, 6) is -0.0866. The van der Waals surface area contributed by atoms with Gasteiger partial charge in [0.25, 0.3) is 5.91 Å². The molecule has 1 heterocycles. The minimum absolute atomic E-state index is 0.00516. The van der Waals surface area contributed by atoms with E-state index in [1.54, 1.807) is 13.0 Å². The SMILES string of the molecule is C[C@H](Oc1cc2oc(=O)cc(-c3ccccc3)c2cc1Cl)C(=O)NCCCO. The lowest BCUT2D eigenvalue weighted by Gasteiger charge is -2.16. The van der Waals surface area contributed by atoms with E-state index in [9.17, 15) is 9.59 Å². The molecule has 0 aliphatic heterocycles. The number of benzene rings is 2. The number of hydrogen-bond donors (Lipinski definition) is 2. The van der Waals surface area contributed by atoms with Crippen LogP contribution in [-0.2, 0) is 4.79 Å². The van der Waals surface area contributed by atoms with Gasteiger partial charge in [-0.15, -0.1) is 0 Å². The zero-order valence-corrected chi connectivity index (χ0v) is 16.0. The Kier molecular flexibility index (Phi) is 6.34. The summed E-state index contributed by atoms with van der Waals surface area (Å²) in [6.07, 6.45) is -0.347. The molecule has 0 saturated heterocycles. The Balaban J connectivity index is 1.93. The molecule has 0 aliphatic carbocycles. The smallest absolute Gasteiger partial charge is 0.336 e. The summed E-state index contributed by atoms with van der Waals surface area (Å²) in [7, 11) is 0. The molecule has 1 aromatic heterocycles. The van der Waals surface area contributed by atoms with Gasteiger partial charge in [0.15, 0.2) is 6.10 Å². The van der Waals surface area contributed by atoms with Crippen molar-refractivity contribution in [2.75, 3.05) is 13.2 Å². The molecule has 6 nitrogen and oxygen atoms in total. The number of rotatable bonds is 7. The number of ether oxygens (including phenoxy) is 1. The molecule has 0 saturated carbocycles. The molecule has 3 rings (SSSR count). The minimum atomic E-state index is -0.808. The molecular weight excluding hydrogens is 382 g/mol. The topological polar surface area (TPSA) is 88.8 Å². The second-order valence-electron chi connectivity index (χ2n) is 6.25. The molecule has 1 atom stereocenters. The number of fused-ring (bicyclic) bond motifs is 1. The van der Waals surface area contributed by atoms with Crippen molar-refractivity contribution in [1.29, 1.82) is 0 Å². The highest BCUT2D eigenvalue weighted by molar-refractivity contribution is 6.33. The Labute approximate surface area is 166 Å². The molecule has 0 unspecified atom stereocenters. The molecule has 0 radical (unpaired) electrons. The first-order valence-corrected chi connectivity index (χ1v) is 9.25. The van der Waals surface area contributed by atoms with Gasteiger partial charge in [-0.3, -0.25) is 4.79 Å². The molecule has 0 spiro atoms. The van der Waals surface area contributed by atoms with Crippen molar-refractivity contribution < 1.29 is 19.1 Å². The maximum atomic E-state index is 12.1. The van der Waals surface area contributed by atoms with Crippen molar-refractivity contribution in [1.82, 2.24) is 5.32 Å². The first-order chi connectivity index (χ1) is 13.5. The van der Waals surface area contributed by atoms with Crippen LogP contribution in [0.2, 0.25) is 5.02 Å². The standard InChI is InChI=1S/C21H20ClNO5/c1-13(21(26)23-8-5-9-24)27-19-12-18-16(10-17(19)22)15(11-20(25)28-18)14-6-3-2-4-7-14/h2-4,6-7,10-13,24H,5,8-9H2,1H3,(H,23,26)/t13-/m0/s1. The first kappa shape index (κ1) is 19.9. The Morgan fingerprint density at radius 2 is 2.00 bits per heavy atom. The Morgan fingerprint density at radius 1 is 1.25 bits per heavy atom. The first-order valence-electron chi connectivity index (χ1n) is 8.87. The number of carbonyl (C=O) groups is 1. The largest absolute Gasteiger partial charge is 0.479 e. The predicted molar refractivity (Wildman–Crippen MR) is 108 cm³/mol. The Hall–Kier alpha value is -2.83. The van der Waals surface area contributed by atoms with Crippen LogP contribution in [0.15, 0.2) is 57.7 Å². The van der Waals surface area contributed by atoms with E-state index in [0.29, 0.717) is 34.5 Å². The molecule has 0 bridgehead atoms. The van der Waals surface area contributed by atoms with Gasteiger partial charge < -0.3 is 19.6 Å². The Bertz CT molecular complexity index is 1030. The normalized spacial score (nSPS) is 12.0. The molecule has 1 amide bonds. The number of amides is 1. The summed E-state index contributed by atoms with van der Waals surface area (Å²) in [6.45, 7) is 1.93. The van der Waals surface area contributed by atoms with E-state index in [4.69, 9.17) is 25.9 Å². The average Bonchev–Trinajstić information content (AvgIpc) is 2.69. The summed E-state index contributed by atoms with van der Waals surface area (Å²) in [4.78, 5) is 24.1. The molecule has 0 aliphatic rings. The summed E-state index contributed by atoms with van der Waals surface area (Å²) in [5, 5.41) is 12.4. The van der Waals surface area contributed by atoms with Crippen LogP contribution in [0, 0.1) is 0 Å². The zero-order valence-electron chi connectivity index (χ0n) is 15.3. The van der Waals surface area contributed by atoms with Crippen molar-refractivity contribution in [3.05, 3.63) is 64.0 Å². The van der Waals surface area contributed by atoms with Crippen LogP contribution in [0.5, 0.6) is 5.75 Å². The van der Waals surface area contributed by atoms with Gasteiger partial charge in [-0.2, -0.15) is 0 Å². The van der Waals surface area contributed by atoms with Gasteiger partial charge in [-0.1, -0.05) is 41.9 Å². The molecule has 7 heteroatoms. The van der Waals surface area contributed by atoms with Crippen LogP contribution in [0.25, 0.3) is 22.1 Å². The van der Waals surface area contributed by atoms with Crippen LogP contribution in [0.1, 0.15) is 13.3 Å². The fourth-order valence-corrected chi connectivity index (χ4v) is 3.00. The van der Waals surface area contributed by atoms with E-state index in [2.05, 4.69) is 5.32 Å². The highest BCUT2D eigenvalue weighted by Gasteiger charge is 2.18. The molecule has 2 aromatic carbocycles. The van der Waals surface area contributed by atoms with E-state index >= 15 is 0 Å². The number of aliphatic hydroxyl groups is 1. The number of hydrogen-bond acceptors (Lipinski definition) is 5. The van der Waals surface area contributed by atoms with Crippen LogP contribution in [0.4, 0.5) is 0 Å². The molecule has 0 fully saturated rings. The van der Waals surface area contributed by atoms with Crippen LogP contribution in [-0.4, -0.2) is 30.3 Å². The van der Waals surface area contributed by atoms with Gasteiger partial charge in [-0.05, 0) is 30.5 Å². The van der Waals surface area contributed by atoms with Crippen molar-refractivity contribution >= 4 is 28.5 Å². The predicted octanol–water partition coefficient (Wildman–Crippen LogP) is 3.38. The summed E-state index contributed by atoms with van der Waals surface area (Å²) in [6, 6.07) is 14.0. The van der Waals surface area contributed by atoms with Crippen molar-refractivity contribution in [2.24, 2.45) is 0 Å². The number of carbonyl (C=O) groups excluding carboxylic acids is 1. The second-order valence-corrected chi connectivity index (χ2v) is 6.66. The highest BCUT2D eigenvalue weighted by atomic mass is 35.5. The van der Waals surface area contributed by atoms with E-state index in [1.807, 2.05) is 30.3 Å². The molecule has 28 heavy (non-hydrogen) atoms. The zero-order chi connectivity index (χ0) is 20.1. The van der Waals surface area contributed by atoms with Gasteiger partial charge in [0, 0.05) is 30.7 Å². The fourth-order valence-electron chi connectivity index (χ4n) is 2.79. The maximum Gasteiger partial charge on any atom is 0.336 e. The number of halogens is 1. The summed E-state index contributed by atoms with van der Waals surface area (Å²) in [5.41, 5.74) is 1.39. The van der Waals surface area contributed by atoms with Gasteiger partial charge in [-0.25, -0.2) is 4.79 Å². The summed E-state index contributed by atoms with van der Waals surface area (Å²) < 4.78 is 11.0. The lowest BCUT2D eigenvalue weighted by atomic mass is 10.0. The number of aliphatic hydroxyl groups excluding tert-OH is 1. The average molecular weight is 402 g/mol. The molecular formula is C21H20ClNO5. The highest BCUT2D eigenvalue weighted by Crippen LogP contribution is 2.35. The van der Waals surface area contributed by atoms with Gasteiger partial charge in [0.05, 0.1) is 5.02 Å². The van der Waals surface area contributed by atoms with Crippen LogP contribution >= 0.6 is 11.6 Å². The van der Waals surface area contributed by atoms with E-state index < -0.39 is 11.7 Å². The van der Waals surface area contributed by atoms with Gasteiger partial charge in [0.2, 0.25) is 0 Å². The molecule has 146 valence electrons. The van der Waals surface area contributed by atoms with Crippen molar-refractivity contribution in [3.8, 4) is 16.9 Å². The van der Waals surface area contributed by atoms with Crippen LogP contribution in [0.3, 0.4) is 0 Å². The Morgan fingerprint density at radius 3 is 2.71 bits per heavy atom. The summed E-state index contributed by atoms with van der Waals surface area (Å²) >= 11 is 6.37. The third kappa shape index (κ3) is 4.52. The fraction of sp³-hybridized carbons (Fsp3) is 0.238. The van der Waals surface area contributed by atoms with Crippen molar-refractivity contribution in [3.63, 3.8) is 0 Å². The second kappa shape index (κ2) is 8.91. The van der Waals surface area contributed by atoms with E-state index in [-0.39, 0.29) is 18.3 Å². The van der Waals surface area contributed by atoms with Crippen molar-refractivity contribution in [2.45, 2.75) is 19.4 Å². The molecule has 3 aromatic rings. The monoisotopic (exact) mass is 401 g/mol. The van der Waals surface area contributed by atoms with E-state index in [1.165, 1.54) is 12.1 Å². The number of nitrogens with one attached hydrogen (secondary N) is 1. The van der Waals surface area contributed by atoms with E-state index in [0.717, 1.165) is 5.56 Å². The maximum absolute atomic E-state index is 12.1. The third-order valence-corrected chi connectivity index (χ3v) is 4.48. The lowest BCUT2D eigenvalue weighted by molar-refractivity contribution is -0.127. The third-order valence-electron chi connectivity index (χ3n) is 4.19. The molecule has 2 N–H and O–H groups in total. The lowest BCUT2D eigenvalue weighted by Crippen LogP contribution is -2.37. The quantitative estimate of drug-likeness (QED) is 0.468. The minimum Gasteiger partial charge on any atom is -0.479 e.